The summed E-state index contributed by atoms with van der Waals surface area (Å²) < 4.78 is 2.58. The van der Waals surface area contributed by atoms with Crippen LogP contribution in [0.15, 0.2) is 80.7 Å². The molecular formula is C26H29Cl2PZr. The van der Waals surface area contributed by atoms with Gasteiger partial charge in [-0.25, -0.2) is 0 Å². The second-order valence-electron chi connectivity index (χ2n) is 7.87. The monoisotopic (exact) mass is 532 g/mol. The number of fused-ring (bicyclic) bond motifs is 1. The van der Waals surface area contributed by atoms with Crippen molar-refractivity contribution in [3.63, 3.8) is 0 Å². The molecule has 30 heavy (non-hydrogen) atoms. The van der Waals surface area contributed by atoms with Crippen LogP contribution >= 0.6 is 8.58 Å². The van der Waals surface area contributed by atoms with Gasteiger partial charge in [0.1, 0.15) is 0 Å². The van der Waals surface area contributed by atoms with Crippen LogP contribution in [0.25, 0.3) is 5.31 Å². The van der Waals surface area contributed by atoms with Crippen LogP contribution in [0.1, 0.15) is 61.2 Å². The van der Waals surface area contributed by atoms with Gasteiger partial charge in [0, 0.05) is 0 Å². The maximum Gasteiger partial charge on any atom is -1.00 e. The average molecular weight is 535 g/mol. The molecule has 156 valence electrons. The second kappa shape index (κ2) is 12.0. The third-order valence-electron chi connectivity index (χ3n) is 5.96. The minimum absolute atomic E-state index is 0. The van der Waals surface area contributed by atoms with Crippen molar-refractivity contribution in [1.29, 1.82) is 0 Å². The summed E-state index contributed by atoms with van der Waals surface area (Å²) in [5.74, 6) is 0. The molecule has 0 fully saturated rings. The van der Waals surface area contributed by atoms with Crippen LogP contribution < -0.4 is 30.1 Å². The molecule has 0 radical (unpaired) electrons. The van der Waals surface area contributed by atoms with E-state index in [4.69, 9.17) is 0 Å². The molecule has 0 aliphatic heterocycles. The predicted octanol–water partition coefficient (Wildman–Crippen LogP) is 1.36. The van der Waals surface area contributed by atoms with Gasteiger partial charge >= 0.3 is 184 Å². The molecule has 2 atom stereocenters. The minimum Gasteiger partial charge on any atom is -1.00 e. The fourth-order valence-corrected chi connectivity index (χ4v) is 10.6. The van der Waals surface area contributed by atoms with Crippen molar-refractivity contribution in [1.82, 2.24) is 0 Å². The minimum atomic E-state index is -0.691. The van der Waals surface area contributed by atoms with Crippen LogP contribution in [0.5, 0.6) is 0 Å². The molecule has 2 unspecified atom stereocenters. The van der Waals surface area contributed by atoms with Crippen LogP contribution in [-0.4, -0.2) is 0 Å². The summed E-state index contributed by atoms with van der Waals surface area (Å²) in [6.45, 7) is 7.08. The van der Waals surface area contributed by atoms with Gasteiger partial charge < -0.3 is 24.8 Å². The predicted molar refractivity (Wildman–Crippen MR) is 121 cm³/mol. The molecule has 0 spiro atoms. The summed E-state index contributed by atoms with van der Waals surface area (Å²) in [5, 5.41) is 3.07. The summed E-state index contributed by atoms with van der Waals surface area (Å²) in [6.07, 6.45) is 7.65. The smallest absolute Gasteiger partial charge is 1.00 e. The standard InChI is InChI=1S/C16H14P.C10H15.2ClH.Zr/c1-12-11-13-7-5-6-10-15(13)16(12)17-14-8-3-2-4-9-14;1-3-4-7-10-8-5-6-9(10)2;;;/h2-11,17H,1H3;6H,3-5,7H2,1-2H3;2*1H;/q;;;;+2/p-2. The maximum absolute atomic E-state index is 2.49. The molecule has 0 nitrogen and oxygen atoms in total. The maximum atomic E-state index is 2.49. The first-order valence-corrected chi connectivity index (χ1v) is 14.1. The number of allylic oxidation sites excluding steroid dienone is 5. The SMILES string of the molecule is CCCCC1=[C]([Zr+2][CH]2C(C)=C(Pc3ccccc3)c3ccccc32)CC=C1C.[Cl-].[Cl-]. The van der Waals surface area contributed by atoms with Gasteiger partial charge in [-0.2, -0.15) is 0 Å². The Balaban J connectivity index is 0.00000160. The summed E-state index contributed by atoms with van der Waals surface area (Å²) in [5.41, 5.74) is 8.13. The topological polar surface area (TPSA) is 0 Å². The molecule has 2 aliphatic carbocycles. The summed E-state index contributed by atoms with van der Waals surface area (Å²) >= 11 is -0.691. The van der Waals surface area contributed by atoms with Gasteiger partial charge in [-0.05, 0) is 0 Å². The van der Waals surface area contributed by atoms with E-state index in [0.717, 1.165) is 12.2 Å². The van der Waals surface area contributed by atoms with E-state index in [1.54, 1.807) is 27.6 Å². The van der Waals surface area contributed by atoms with E-state index in [-0.39, 0.29) is 24.8 Å². The van der Waals surface area contributed by atoms with Gasteiger partial charge in [0.05, 0.1) is 0 Å². The van der Waals surface area contributed by atoms with Crippen LogP contribution in [0.4, 0.5) is 0 Å². The summed E-state index contributed by atoms with van der Waals surface area (Å²) in [4.78, 5) is 0. The third kappa shape index (κ3) is 5.48. The molecule has 0 heterocycles. The first-order valence-electron chi connectivity index (χ1n) is 10.5. The van der Waals surface area contributed by atoms with Crippen LogP contribution in [0.2, 0.25) is 0 Å². The van der Waals surface area contributed by atoms with Crippen molar-refractivity contribution in [2.24, 2.45) is 0 Å². The molecule has 4 rings (SSSR count). The molecule has 0 amide bonds. The Labute approximate surface area is 207 Å². The Kier molecular flexibility index (Phi) is 10.3. The number of halogens is 2. The largest absolute Gasteiger partial charge is 1.00 e. The van der Waals surface area contributed by atoms with Gasteiger partial charge in [-0.1, -0.05) is 0 Å². The Hall–Kier alpha value is -0.447. The first-order chi connectivity index (χ1) is 13.7. The number of hydrogen-bond donors (Lipinski definition) is 0. The van der Waals surface area contributed by atoms with Crippen molar-refractivity contribution < 1.29 is 48.0 Å². The molecule has 2 aliphatic rings. The van der Waals surface area contributed by atoms with Gasteiger partial charge in [0.25, 0.3) is 0 Å². The molecule has 2 aromatic rings. The zero-order valence-corrected chi connectivity index (χ0v) is 22.9. The summed E-state index contributed by atoms with van der Waals surface area (Å²) in [6, 6.07) is 20.3. The van der Waals surface area contributed by atoms with Gasteiger partial charge in [0.2, 0.25) is 0 Å². The second-order valence-corrected chi connectivity index (χ2v) is 12.8. The van der Waals surface area contributed by atoms with E-state index < -0.39 is 23.2 Å². The van der Waals surface area contributed by atoms with Crippen molar-refractivity contribution in [2.75, 3.05) is 0 Å². The van der Waals surface area contributed by atoms with E-state index in [0.29, 0.717) is 0 Å². The number of unbranched alkanes of at least 4 members (excludes halogenated alkanes) is 1. The van der Waals surface area contributed by atoms with Crippen molar-refractivity contribution >= 4 is 19.2 Å². The van der Waals surface area contributed by atoms with E-state index in [1.165, 1.54) is 36.6 Å². The number of benzene rings is 2. The zero-order chi connectivity index (χ0) is 19.5. The van der Waals surface area contributed by atoms with Gasteiger partial charge in [-0.3, -0.25) is 0 Å². The normalized spacial score (nSPS) is 17.6. The quantitative estimate of drug-likeness (QED) is 0.471. The molecule has 0 saturated heterocycles. The van der Waals surface area contributed by atoms with Crippen LogP contribution in [0.3, 0.4) is 0 Å². The molecular weight excluding hydrogens is 505 g/mol. The molecule has 0 N–H and O–H groups in total. The van der Waals surface area contributed by atoms with E-state index >= 15 is 0 Å². The van der Waals surface area contributed by atoms with Crippen molar-refractivity contribution in [3.8, 4) is 0 Å². The van der Waals surface area contributed by atoms with E-state index in [9.17, 15) is 0 Å². The van der Waals surface area contributed by atoms with Crippen molar-refractivity contribution in [3.05, 3.63) is 91.8 Å². The Morgan fingerprint density at radius 1 is 0.967 bits per heavy atom. The van der Waals surface area contributed by atoms with E-state index in [1.807, 2.05) is 3.28 Å². The molecule has 2 aromatic carbocycles. The van der Waals surface area contributed by atoms with Gasteiger partial charge in [-0.15, -0.1) is 0 Å². The molecule has 4 heteroatoms. The van der Waals surface area contributed by atoms with Crippen molar-refractivity contribution in [2.45, 2.75) is 50.1 Å². The number of rotatable bonds is 7. The van der Waals surface area contributed by atoms with Crippen LogP contribution in [0, 0.1) is 0 Å². The average Bonchev–Trinajstić information content (AvgIpc) is 3.20. The zero-order valence-electron chi connectivity index (χ0n) is 17.9. The number of hydrogen-bond acceptors (Lipinski definition) is 0. The third-order valence-corrected chi connectivity index (χ3v) is 12.1. The molecule has 0 bridgehead atoms. The molecule has 0 aromatic heterocycles. The Morgan fingerprint density at radius 2 is 1.67 bits per heavy atom. The van der Waals surface area contributed by atoms with Crippen LogP contribution in [-0.2, 0) is 23.2 Å². The molecule has 0 saturated carbocycles. The fraction of sp³-hybridized carbons (Fsp3) is 0.308. The van der Waals surface area contributed by atoms with E-state index in [2.05, 4.69) is 81.4 Å². The Bertz CT molecular complexity index is 960. The first kappa shape index (κ1) is 25.8. The van der Waals surface area contributed by atoms with Gasteiger partial charge in [0.15, 0.2) is 0 Å². The summed E-state index contributed by atoms with van der Waals surface area (Å²) in [7, 11) is 0.772. The fourth-order valence-electron chi connectivity index (χ4n) is 4.35. The Morgan fingerprint density at radius 3 is 2.40 bits per heavy atom.